The van der Waals surface area contributed by atoms with Crippen LogP contribution >= 0.6 is 0 Å². The third-order valence-corrected chi connectivity index (χ3v) is 5.53. The minimum atomic E-state index is -0.234. The second kappa shape index (κ2) is 9.60. The monoisotopic (exact) mass is 413 g/mol. The zero-order valence-electron chi connectivity index (χ0n) is 18.2. The lowest BCUT2D eigenvalue weighted by molar-refractivity contribution is 0.0958. The summed E-state index contributed by atoms with van der Waals surface area (Å²) in [4.78, 5) is 30.3. The van der Waals surface area contributed by atoms with Crippen molar-refractivity contribution in [3.05, 3.63) is 35.3 Å². The van der Waals surface area contributed by atoms with E-state index in [9.17, 15) is 9.59 Å². The molecule has 2 aromatic rings. The van der Waals surface area contributed by atoms with Gasteiger partial charge in [0, 0.05) is 45.5 Å². The van der Waals surface area contributed by atoms with Crippen LogP contribution in [0.4, 0.5) is 16.3 Å². The first-order valence-electron chi connectivity index (χ1n) is 10.4. The van der Waals surface area contributed by atoms with Gasteiger partial charge >= 0.3 is 6.03 Å². The summed E-state index contributed by atoms with van der Waals surface area (Å²) in [6.07, 6.45) is 3.07. The molecule has 1 saturated heterocycles. The topological polar surface area (TPSA) is 104 Å². The van der Waals surface area contributed by atoms with E-state index in [1.807, 2.05) is 37.7 Å². The number of hydrogen-bond donors (Lipinski definition) is 3. The molecular formula is C21H31N7O2. The summed E-state index contributed by atoms with van der Waals surface area (Å²) in [6, 6.07) is 5.49. The highest BCUT2D eigenvalue weighted by Crippen LogP contribution is 2.28. The summed E-state index contributed by atoms with van der Waals surface area (Å²) >= 11 is 0. The summed E-state index contributed by atoms with van der Waals surface area (Å²) in [7, 11) is 3.52. The number of anilines is 2. The van der Waals surface area contributed by atoms with Crippen molar-refractivity contribution < 1.29 is 9.59 Å². The van der Waals surface area contributed by atoms with Gasteiger partial charge in [0.15, 0.2) is 5.82 Å². The van der Waals surface area contributed by atoms with Crippen LogP contribution in [0.3, 0.4) is 0 Å². The van der Waals surface area contributed by atoms with E-state index < -0.39 is 0 Å². The fraction of sp³-hybridized carbons (Fsp3) is 0.524. The van der Waals surface area contributed by atoms with Crippen LogP contribution in [0.25, 0.3) is 0 Å². The molecule has 0 atom stereocenters. The van der Waals surface area contributed by atoms with Gasteiger partial charge in [-0.05, 0) is 51.2 Å². The molecule has 0 saturated carbocycles. The molecule has 0 radical (unpaired) electrons. The Bertz CT molecular complexity index is 901. The highest BCUT2D eigenvalue weighted by atomic mass is 16.2. The summed E-state index contributed by atoms with van der Waals surface area (Å²) in [5.41, 5.74) is 3.53. The molecule has 0 bridgehead atoms. The molecule has 3 N–H and O–H groups in total. The molecule has 0 aliphatic carbocycles. The third kappa shape index (κ3) is 5.08. The number of urea groups is 1. The van der Waals surface area contributed by atoms with Crippen LogP contribution in [0.5, 0.6) is 0 Å². The Hall–Kier alpha value is -3.10. The second-order valence-corrected chi connectivity index (χ2v) is 7.64. The molecule has 1 fully saturated rings. The Morgan fingerprint density at radius 1 is 1.23 bits per heavy atom. The number of carbonyl (C=O) groups is 2. The molecule has 9 nitrogen and oxygen atoms in total. The number of amides is 3. The molecule has 2 aromatic heterocycles. The van der Waals surface area contributed by atoms with Crippen molar-refractivity contribution in [2.24, 2.45) is 13.0 Å². The third-order valence-electron chi connectivity index (χ3n) is 5.53. The Labute approximate surface area is 177 Å². The zero-order chi connectivity index (χ0) is 21.7. The minimum absolute atomic E-state index is 0.166. The first kappa shape index (κ1) is 21.6. The smallest absolute Gasteiger partial charge is 0.320 e. The zero-order valence-corrected chi connectivity index (χ0v) is 18.2. The van der Waals surface area contributed by atoms with Crippen molar-refractivity contribution in [1.82, 2.24) is 25.4 Å². The molecule has 3 rings (SSSR count). The van der Waals surface area contributed by atoms with Crippen molar-refractivity contribution in [1.29, 1.82) is 0 Å². The van der Waals surface area contributed by atoms with Crippen molar-refractivity contribution in [3.8, 4) is 0 Å². The van der Waals surface area contributed by atoms with Crippen LogP contribution in [0, 0.1) is 12.8 Å². The summed E-state index contributed by atoms with van der Waals surface area (Å²) in [6.45, 7) is 6.31. The van der Waals surface area contributed by atoms with Crippen molar-refractivity contribution in [2.45, 2.75) is 33.1 Å². The van der Waals surface area contributed by atoms with E-state index in [1.165, 1.54) is 0 Å². The van der Waals surface area contributed by atoms with Gasteiger partial charge in [-0.2, -0.15) is 5.10 Å². The molecular weight excluding hydrogens is 382 g/mol. The van der Waals surface area contributed by atoms with Gasteiger partial charge in [-0.3, -0.25) is 14.8 Å². The standard InChI is InChI=1S/C21H31N7O2/c1-5-23-21(30)25-19-13-16(27(4)26-19)12-15-8-10-28(11-9-15)18-7-6-17(20(29)22-3)24-14(18)2/h6-7,13,15H,5,8-12H2,1-4H3,(H,22,29)(H2,23,25,26,30). The molecule has 0 aromatic carbocycles. The average molecular weight is 414 g/mol. The maximum atomic E-state index is 11.8. The summed E-state index contributed by atoms with van der Waals surface area (Å²) in [5.74, 6) is 0.974. The van der Waals surface area contributed by atoms with Crippen molar-refractivity contribution >= 4 is 23.4 Å². The number of aromatic nitrogens is 3. The number of hydrogen-bond acceptors (Lipinski definition) is 5. The second-order valence-electron chi connectivity index (χ2n) is 7.64. The van der Waals surface area contributed by atoms with Crippen molar-refractivity contribution in [3.63, 3.8) is 0 Å². The number of carbonyl (C=O) groups excluding carboxylic acids is 2. The molecule has 3 heterocycles. The fourth-order valence-corrected chi connectivity index (χ4v) is 3.90. The van der Waals surface area contributed by atoms with Gasteiger partial charge in [-0.1, -0.05) is 0 Å². The predicted molar refractivity (Wildman–Crippen MR) is 117 cm³/mol. The molecule has 0 spiro atoms. The van der Waals surface area contributed by atoms with Crippen molar-refractivity contribution in [2.75, 3.05) is 36.9 Å². The molecule has 1 aliphatic heterocycles. The Kier molecular flexibility index (Phi) is 6.91. The van der Waals surface area contributed by atoms with Gasteiger partial charge in [0.25, 0.3) is 5.91 Å². The molecule has 9 heteroatoms. The van der Waals surface area contributed by atoms with Crippen LogP contribution in [0.1, 0.15) is 41.6 Å². The van der Waals surface area contributed by atoms with Crippen LogP contribution in [0.2, 0.25) is 0 Å². The van der Waals surface area contributed by atoms with E-state index in [2.05, 4.69) is 30.9 Å². The normalized spacial score (nSPS) is 14.5. The van der Waals surface area contributed by atoms with Gasteiger partial charge < -0.3 is 15.5 Å². The Morgan fingerprint density at radius 3 is 2.60 bits per heavy atom. The van der Waals surface area contributed by atoms with Crippen LogP contribution in [-0.4, -0.2) is 53.4 Å². The SMILES string of the molecule is CCNC(=O)Nc1cc(CC2CCN(c3ccc(C(=O)NC)nc3C)CC2)n(C)n1. The van der Waals surface area contributed by atoms with Crippen LogP contribution in [0.15, 0.2) is 18.2 Å². The highest BCUT2D eigenvalue weighted by molar-refractivity contribution is 5.92. The molecule has 0 unspecified atom stereocenters. The van der Waals surface area contributed by atoms with Crippen LogP contribution < -0.4 is 20.9 Å². The maximum Gasteiger partial charge on any atom is 0.320 e. The van der Waals surface area contributed by atoms with Gasteiger partial charge in [0.2, 0.25) is 0 Å². The van der Waals surface area contributed by atoms with Gasteiger partial charge in [-0.15, -0.1) is 0 Å². The largest absolute Gasteiger partial charge is 0.370 e. The number of aryl methyl sites for hydroxylation is 2. The van der Waals surface area contributed by atoms with E-state index in [1.54, 1.807) is 13.1 Å². The molecule has 1 aliphatic rings. The number of nitrogens with one attached hydrogen (secondary N) is 3. The minimum Gasteiger partial charge on any atom is -0.370 e. The first-order valence-corrected chi connectivity index (χ1v) is 10.4. The van der Waals surface area contributed by atoms with E-state index in [0.717, 1.165) is 49.4 Å². The van der Waals surface area contributed by atoms with Crippen LogP contribution in [-0.2, 0) is 13.5 Å². The molecule has 162 valence electrons. The number of nitrogens with zero attached hydrogens (tertiary/aromatic N) is 4. The average Bonchev–Trinajstić information content (AvgIpc) is 3.06. The predicted octanol–water partition coefficient (Wildman–Crippen LogP) is 2.08. The number of pyridine rings is 1. The Balaban J connectivity index is 1.57. The summed E-state index contributed by atoms with van der Waals surface area (Å²) < 4.78 is 1.85. The lowest BCUT2D eigenvalue weighted by Gasteiger charge is -2.34. The van der Waals surface area contributed by atoms with Gasteiger partial charge in [-0.25, -0.2) is 9.78 Å². The van der Waals surface area contributed by atoms with E-state index in [0.29, 0.717) is 24.0 Å². The van der Waals surface area contributed by atoms with E-state index in [-0.39, 0.29) is 11.9 Å². The summed E-state index contributed by atoms with van der Waals surface area (Å²) in [5, 5.41) is 12.5. The van der Waals surface area contributed by atoms with E-state index in [4.69, 9.17) is 0 Å². The molecule has 30 heavy (non-hydrogen) atoms. The lowest BCUT2D eigenvalue weighted by atomic mass is 9.91. The maximum absolute atomic E-state index is 11.8. The van der Waals surface area contributed by atoms with E-state index >= 15 is 0 Å². The Morgan fingerprint density at radius 2 is 1.97 bits per heavy atom. The molecule has 3 amide bonds. The van der Waals surface area contributed by atoms with Gasteiger partial charge in [0.05, 0.1) is 11.4 Å². The number of piperidine rings is 1. The van der Waals surface area contributed by atoms with Gasteiger partial charge in [0.1, 0.15) is 5.69 Å². The first-order chi connectivity index (χ1) is 14.4. The fourth-order valence-electron chi connectivity index (χ4n) is 3.90. The quantitative estimate of drug-likeness (QED) is 0.673. The lowest BCUT2D eigenvalue weighted by Crippen LogP contribution is -2.35. The number of rotatable bonds is 6. The highest BCUT2D eigenvalue weighted by Gasteiger charge is 2.23.